The van der Waals surface area contributed by atoms with Crippen LogP contribution in [0.3, 0.4) is 0 Å². The number of pyridine rings is 1. The number of rotatable bonds is 4. The van der Waals surface area contributed by atoms with Crippen LogP contribution in [0.4, 0.5) is 5.82 Å². The number of aromatic nitrogens is 5. The molecule has 0 N–H and O–H groups in total. The zero-order chi connectivity index (χ0) is 21.1. The zero-order valence-electron chi connectivity index (χ0n) is 17.8. The molecule has 1 saturated heterocycles. The van der Waals surface area contributed by atoms with Gasteiger partial charge in [0.1, 0.15) is 0 Å². The van der Waals surface area contributed by atoms with E-state index in [1.54, 1.807) is 29.4 Å². The highest BCUT2D eigenvalue weighted by molar-refractivity contribution is 5.56. The molecule has 0 amide bonds. The van der Waals surface area contributed by atoms with Crippen LogP contribution >= 0.6 is 0 Å². The van der Waals surface area contributed by atoms with Crippen molar-refractivity contribution in [3.05, 3.63) is 65.1 Å². The van der Waals surface area contributed by atoms with Gasteiger partial charge in [0, 0.05) is 49.1 Å². The molecule has 4 heterocycles. The average Bonchev–Trinajstić information content (AvgIpc) is 2.76. The van der Waals surface area contributed by atoms with Gasteiger partial charge in [0.15, 0.2) is 5.82 Å². The number of piperidine rings is 1. The lowest BCUT2D eigenvalue weighted by Crippen LogP contribution is -2.37. The van der Waals surface area contributed by atoms with Gasteiger partial charge in [0.2, 0.25) is 0 Å². The van der Waals surface area contributed by atoms with Crippen molar-refractivity contribution in [2.75, 3.05) is 18.0 Å². The second-order valence-electron chi connectivity index (χ2n) is 8.96. The van der Waals surface area contributed by atoms with Crippen LogP contribution in [0.2, 0.25) is 0 Å². The van der Waals surface area contributed by atoms with E-state index in [0.29, 0.717) is 18.2 Å². The Hall–Kier alpha value is -3.09. The molecule has 4 rings (SSSR count). The van der Waals surface area contributed by atoms with Gasteiger partial charge < -0.3 is 4.90 Å². The molecule has 0 aliphatic carbocycles. The molecule has 3 aromatic rings. The second kappa shape index (κ2) is 8.34. The third-order valence-corrected chi connectivity index (χ3v) is 5.65. The molecule has 7 nitrogen and oxygen atoms in total. The van der Waals surface area contributed by atoms with Crippen molar-refractivity contribution in [2.24, 2.45) is 5.92 Å². The van der Waals surface area contributed by atoms with Crippen molar-refractivity contribution in [2.45, 2.75) is 45.6 Å². The Bertz CT molecular complexity index is 1030. The third kappa shape index (κ3) is 4.56. The van der Waals surface area contributed by atoms with Gasteiger partial charge in [-0.2, -0.15) is 5.10 Å². The van der Waals surface area contributed by atoms with E-state index in [1.807, 2.05) is 12.1 Å². The van der Waals surface area contributed by atoms with Gasteiger partial charge >= 0.3 is 0 Å². The summed E-state index contributed by atoms with van der Waals surface area (Å²) in [6.45, 7) is 8.96. The normalized spacial score (nSPS) is 15.4. The minimum absolute atomic E-state index is 0.00634. The Kier molecular flexibility index (Phi) is 5.61. The van der Waals surface area contributed by atoms with Crippen LogP contribution in [0, 0.1) is 5.92 Å². The summed E-state index contributed by atoms with van der Waals surface area (Å²) in [5, 5.41) is 8.84. The summed E-state index contributed by atoms with van der Waals surface area (Å²) >= 11 is 0. The minimum atomic E-state index is -0.0186. The first-order valence-corrected chi connectivity index (χ1v) is 10.5. The van der Waals surface area contributed by atoms with Gasteiger partial charge in [-0.1, -0.05) is 20.8 Å². The highest BCUT2D eigenvalue weighted by Gasteiger charge is 2.22. The highest BCUT2D eigenvalue weighted by Crippen LogP contribution is 2.25. The summed E-state index contributed by atoms with van der Waals surface area (Å²) in [5.74, 6) is 1.38. The van der Waals surface area contributed by atoms with Crippen molar-refractivity contribution in [1.29, 1.82) is 0 Å². The van der Waals surface area contributed by atoms with Gasteiger partial charge in [-0.15, -0.1) is 5.10 Å². The van der Waals surface area contributed by atoms with Gasteiger partial charge in [-0.05, 0) is 43.0 Å². The van der Waals surface area contributed by atoms with Crippen molar-refractivity contribution in [1.82, 2.24) is 24.7 Å². The first-order valence-electron chi connectivity index (χ1n) is 10.5. The van der Waals surface area contributed by atoms with Crippen LogP contribution in [0.15, 0.2) is 53.8 Å². The molecule has 0 radical (unpaired) electrons. The van der Waals surface area contributed by atoms with Crippen LogP contribution in [0.5, 0.6) is 0 Å². The summed E-state index contributed by atoms with van der Waals surface area (Å²) in [6, 6.07) is 9.49. The van der Waals surface area contributed by atoms with Crippen LogP contribution in [0.1, 0.15) is 39.3 Å². The molecule has 1 fully saturated rings. The van der Waals surface area contributed by atoms with Gasteiger partial charge in [-0.3, -0.25) is 14.3 Å². The quantitative estimate of drug-likeness (QED) is 0.664. The molecule has 0 spiro atoms. The fourth-order valence-electron chi connectivity index (χ4n) is 3.75. The summed E-state index contributed by atoms with van der Waals surface area (Å²) in [5.41, 5.74) is 2.51. The minimum Gasteiger partial charge on any atom is -0.355 e. The maximum atomic E-state index is 12.6. The predicted octanol–water partition coefficient (Wildman–Crippen LogP) is 3.31. The van der Waals surface area contributed by atoms with Crippen molar-refractivity contribution in [3.8, 4) is 11.3 Å². The Balaban J connectivity index is 1.36. The Morgan fingerprint density at radius 1 is 1.10 bits per heavy atom. The lowest BCUT2D eigenvalue weighted by molar-refractivity contribution is 0.350. The Labute approximate surface area is 176 Å². The van der Waals surface area contributed by atoms with E-state index in [4.69, 9.17) is 0 Å². The summed E-state index contributed by atoms with van der Waals surface area (Å²) in [4.78, 5) is 23.4. The van der Waals surface area contributed by atoms with Crippen LogP contribution in [0.25, 0.3) is 11.3 Å². The van der Waals surface area contributed by atoms with Gasteiger partial charge in [0.05, 0.1) is 17.7 Å². The topological polar surface area (TPSA) is 76.8 Å². The van der Waals surface area contributed by atoms with E-state index in [-0.39, 0.29) is 11.0 Å². The number of hydrogen-bond donors (Lipinski definition) is 0. The highest BCUT2D eigenvalue weighted by atomic mass is 16.1. The molecule has 1 aliphatic heterocycles. The Morgan fingerprint density at radius 3 is 2.50 bits per heavy atom. The lowest BCUT2D eigenvalue weighted by atomic mass is 9.92. The van der Waals surface area contributed by atoms with Crippen molar-refractivity contribution in [3.63, 3.8) is 0 Å². The van der Waals surface area contributed by atoms with E-state index in [1.165, 1.54) is 0 Å². The maximum Gasteiger partial charge on any atom is 0.253 e. The number of anilines is 1. The fourth-order valence-corrected chi connectivity index (χ4v) is 3.75. The number of hydrogen-bond acceptors (Lipinski definition) is 6. The van der Waals surface area contributed by atoms with Crippen molar-refractivity contribution >= 4 is 5.82 Å². The monoisotopic (exact) mass is 404 g/mol. The summed E-state index contributed by atoms with van der Waals surface area (Å²) in [7, 11) is 0. The molecule has 0 saturated carbocycles. The molecule has 30 heavy (non-hydrogen) atoms. The average molecular weight is 405 g/mol. The maximum absolute atomic E-state index is 12.6. The summed E-state index contributed by atoms with van der Waals surface area (Å²) in [6.07, 6.45) is 7.12. The molecule has 7 heteroatoms. The fraction of sp³-hybridized carbons (Fsp3) is 0.435. The standard InChI is InChI=1S/C23H28N6O/c1-23(2,3)20-6-7-21(27-26-20)28-11-8-17(9-12-28)15-29-16-25-19(13-22(29)30)18-5-4-10-24-14-18/h4-7,10,13-14,16-17H,8-9,11-12,15H2,1-3H3. The van der Waals surface area contributed by atoms with Crippen molar-refractivity contribution < 1.29 is 0 Å². The SMILES string of the molecule is CC(C)(C)c1ccc(N2CCC(Cn3cnc(-c4cccnc4)cc3=O)CC2)nn1. The van der Waals surface area contributed by atoms with E-state index in [2.05, 4.69) is 58.0 Å². The number of nitrogens with zero attached hydrogens (tertiary/aromatic N) is 6. The molecule has 3 aromatic heterocycles. The van der Waals surface area contributed by atoms with Gasteiger partial charge in [-0.25, -0.2) is 4.98 Å². The summed E-state index contributed by atoms with van der Waals surface area (Å²) < 4.78 is 1.72. The van der Waals surface area contributed by atoms with Crippen LogP contribution < -0.4 is 10.5 Å². The molecule has 0 bridgehead atoms. The lowest BCUT2D eigenvalue weighted by Gasteiger charge is -2.33. The molecule has 1 aliphatic rings. The van der Waals surface area contributed by atoms with E-state index >= 15 is 0 Å². The van der Waals surface area contributed by atoms with Crippen LogP contribution in [-0.2, 0) is 12.0 Å². The molecule has 0 aromatic carbocycles. The molecular formula is C23H28N6O. The van der Waals surface area contributed by atoms with Crippen LogP contribution in [-0.4, -0.2) is 37.8 Å². The smallest absolute Gasteiger partial charge is 0.253 e. The molecule has 0 atom stereocenters. The van der Waals surface area contributed by atoms with E-state index in [0.717, 1.165) is 43.0 Å². The first kappa shape index (κ1) is 20.2. The van der Waals surface area contributed by atoms with E-state index in [9.17, 15) is 4.79 Å². The first-order chi connectivity index (χ1) is 14.4. The zero-order valence-corrected chi connectivity index (χ0v) is 17.8. The largest absolute Gasteiger partial charge is 0.355 e. The molecular weight excluding hydrogens is 376 g/mol. The molecule has 156 valence electrons. The third-order valence-electron chi connectivity index (χ3n) is 5.65. The Morgan fingerprint density at radius 2 is 1.90 bits per heavy atom. The molecule has 0 unspecified atom stereocenters. The van der Waals surface area contributed by atoms with E-state index < -0.39 is 0 Å². The predicted molar refractivity (Wildman–Crippen MR) is 117 cm³/mol. The second-order valence-corrected chi connectivity index (χ2v) is 8.96. The van der Waals surface area contributed by atoms with Gasteiger partial charge in [0.25, 0.3) is 5.56 Å².